The topological polar surface area (TPSA) is 105 Å². The second kappa shape index (κ2) is 13.7. The summed E-state index contributed by atoms with van der Waals surface area (Å²) in [5.41, 5.74) is 1.12. The summed E-state index contributed by atoms with van der Waals surface area (Å²) in [6.07, 6.45) is 0.746. The summed E-state index contributed by atoms with van der Waals surface area (Å²) in [6, 6.07) is 21.1. The normalized spacial score (nSPS) is 11.8. The number of para-hydroxylation sites is 1. The van der Waals surface area contributed by atoms with Gasteiger partial charge in [-0.25, -0.2) is 8.42 Å². The molecule has 0 bridgehead atoms. The highest BCUT2D eigenvalue weighted by Crippen LogP contribution is 2.32. The van der Waals surface area contributed by atoms with E-state index in [9.17, 15) is 18.0 Å². The molecule has 0 aliphatic rings. The van der Waals surface area contributed by atoms with Gasteiger partial charge in [0, 0.05) is 19.2 Å². The number of nitrogens with one attached hydrogen (secondary N) is 1. The molecule has 0 saturated carbocycles. The van der Waals surface area contributed by atoms with E-state index >= 15 is 0 Å². The van der Waals surface area contributed by atoms with Crippen LogP contribution >= 0.6 is 0 Å². The summed E-state index contributed by atoms with van der Waals surface area (Å²) in [5.74, 6) is -0.217. The number of hydrogen-bond donors (Lipinski definition) is 1. The fraction of sp³-hybridized carbons (Fsp3) is 0.310. The molecule has 208 valence electrons. The highest BCUT2D eigenvalue weighted by molar-refractivity contribution is 7.92. The van der Waals surface area contributed by atoms with Gasteiger partial charge in [-0.3, -0.25) is 13.9 Å². The number of sulfonamides is 1. The van der Waals surface area contributed by atoms with Crippen LogP contribution in [-0.4, -0.2) is 58.5 Å². The van der Waals surface area contributed by atoms with Crippen LogP contribution in [-0.2, 0) is 26.2 Å². The summed E-state index contributed by atoms with van der Waals surface area (Å²) in [5, 5.41) is 2.83. The van der Waals surface area contributed by atoms with E-state index in [0.29, 0.717) is 18.0 Å². The summed E-state index contributed by atoms with van der Waals surface area (Å²) in [6.45, 7) is 3.68. The molecule has 0 saturated heterocycles. The van der Waals surface area contributed by atoms with Gasteiger partial charge in [0.2, 0.25) is 11.8 Å². The Morgan fingerprint density at radius 1 is 0.897 bits per heavy atom. The van der Waals surface area contributed by atoms with Crippen LogP contribution in [0.4, 0.5) is 5.69 Å². The fourth-order valence-electron chi connectivity index (χ4n) is 3.99. The Labute approximate surface area is 230 Å². The van der Waals surface area contributed by atoms with E-state index in [1.807, 2.05) is 37.3 Å². The second-order valence-corrected chi connectivity index (χ2v) is 10.7. The van der Waals surface area contributed by atoms with Crippen LogP contribution in [0.5, 0.6) is 11.5 Å². The predicted molar refractivity (Wildman–Crippen MR) is 150 cm³/mol. The molecule has 0 fully saturated rings. The molecule has 2 amide bonds. The van der Waals surface area contributed by atoms with Crippen LogP contribution in [0.1, 0.15) is 25.8 Å². The van der Waals surface area contributed by atoms with Crippen molar-refractivity contribution >= 4 is 27.5 Å². The number of carbonyl (C=O) groups is 2. The lowest BCUT2D eigenvalue weighted by molar-refractivity contribution is -0.139. The van der Waals surface area contributed by atoms with Crippen LogP contribution < -0.4 is 19.1 Å². The van der Waals surface area contributed by atoms with Crippen molar-refractivity contribution in [2.45, 2.75) is 37.8 Å². The van der Waals surface area contributed by atoms with Crippen molar-refractivity contribution in [3.05, 3.63) is 84.4 Å². The van der Waals surface area contributed by atoms with E-state index in [1.165, 1.54) is 37.3 Å². The Morgan fingerprint density at radius 2 is 1.51 bits per heavy atom. The predicted octanol–water partition coefficient (Wildman–Crippen LogP) is 3.84. The van der Waals surface area contributed by atoms with Gasteiger partial charge in [-0.15, -0.1) is 0 Å². The van der Waals surface area contributed by atoms with Gasteiger partial charge >= 0.3 is 0 Å². The number of carbonyl (C=O) groups excluding carboxylic acids is 2. The standard InChI is InChI=1S/C29H35N3O6S/c1-5-18-30-29(34)22(2)31(20-23-12-8-6-9-13-23)28(33)21-32(24-14-10-7-11-15-24)39(35,36)25-16-17-26(37-3)27(19-25)38-4/h6-17,19,22H,5,18,20-21H2,1-4H3,(H,30,34)/t22-/m0/s1. The van der Waals surface area contributed by atoms with Gasteiger partial charge in [0.25, 0.3) is 10.0 Å². The molecule has 0 spiro atoms. The van der Waals surface area contributed by atoms with Gasteiger partial charge in [-0.05, 0) is 43.2 Å². The molecule has 0 aliphatic carbocycles. The van der Waals surface area contributed by atoms with E-state index < -0.39 is 28.5 Å². The number of benzene rings is 3. The molecule has 0 unspecified atom stereocenters. The van der Waals surface area contributed by atoms with Gasteiger partial charge < -0.3 is 19.7 Å². The number of anilines is 1. The van der Waals surface area contributed by atoms with Gasteiger partial charge in [0.1, 0.15) is 12.6 Å². The first kappa shape index (κ1) is 29.5. The van der Waals surface area contributed by atoms with E-state index in [4.69, 9.17) is 9.47 Å². The fourth-order valence-corrected chi connectivity index (χ4v) is 5.42. The molecule has 3 aromatic carbocycles. The lowest BCUT2D eigenvalue weighted by Crippen LogP contribution is -2.51. The molecule has 3 aromatic rings. The third kappa shape index (κ3) is 7.29. The first-order valence-corrected chi connectivity index (χ1v) is 14.1. The lowest BCUT2D eigenvalue weighted by atomic mass is 10.1. The summed E-state index contributed by atoms with van der Waals surface area (Å²) < 4.78 is 39.5. The Balaban J connectivity index is 2.02. The van der Waals surface area contributed by atoms with E-state index in [0.717, 1.165) is 16.3 Å². The quantitative estimate of drug-likeness (QED) is 0.345. The van der Waals surface area contributed by atoms with Crippen molar-refractivity contribution < 1.29 is 27.5 Å². The van der Waals surface area contributed by atoms with Gasteiger partial charge in [-0.2, -0.15) is 0 Å². The zero-order chi connectivity index (χ0) is 28.4. The van der Waals surface area contributed by atoms with Crippen molar-refractivity contribution in [3.8, 4) is 11.5 Å². The highest BCUT2D eigenvalue weighted by atomic mass is 32.2. The summed E-state index contributed by atoms with van der Waals surface area (Å²) in [4.78, 5) is 28.1. The van der Waals surface area contributed by atoms with E-state index in [-0.39, 0.29) is 23.1 Å². The average molecular weight is 554 g/mol. The highest BCUT2D eigenvalue weighted by Gasteiger charge is 2.33. The Morgan fingerprint density at radius 3 is 2.10 bits per heavy atom. The van der Waals surface area contributed by atoms with E-state index in [1.54, 1.807) is 37.3 Å². The summed E-state index contributed by atoms with van der Waals surface area (Å²) in [7, 11) is -1.35. The third-order valence-corrected chi connectivity index (χ3v) is 7.95. The summed E-state index contributed by atoms with van der Waals surface area (Å²) >= 11 is 0. The maximum absolute atomic E-state index is 13.9. The zero-order valence-corrected chi connectivity index (χ0v) is 23.5. The largest absolute Gasteiger partial charge is 0.493 e. The van der Waals surface area contributed by atoms with Crippen LogP contribution in [0.2, 0.25) is 0 Å². The van der Waals surface area contributed by atoms with Crippen molar-refractivity contribution in [3.63, 3.8) is 0 Å². The van der Waals surface area contributed by atoms with Crippen molar-refractivity contribution in [1.29, 1.82) is 0 Å². The molecule has 0 aromatic heterocycles. The minimum atomic E-state index is -4.22. The number of ether oxygens (including phenoxy) is 2. The number of nitrogens with zero attached hydrogens (tertiary/aromatic N) is 2. The second-order valence-electron chi connectivity index (χ2n) is 8.84. The van der Waals surface area contributed by atoms with Crippen LogP contribution in [0.3, 0.4) is 0 Å². The zero-order valence-electron chi connectivity index (χ0n) is 22.7. The molecule has 39 heavy (non-hydrogen) atoms. The SMILES string of the molecule is CCCNC(=O)[C@H](C)N(Cc1ccccc1)C(=O)CN(c1ccccc1)S(=O)(=O)c1ccc(OC)c(OC)c1. The van der Waals surface area contributed by atoms with Crippen LogP contribution in [0, 0.1) is 0 Å². The number of methoxy groups -OCH3 is 2. The minimum Gasteiger partial charge on any atom is -0.493 e. The molecular weight excluding hydrogens is 518 g/mol. The number of amides is 2. The molecule has 3 rings (SSSR count). The first-order valence-electron chi connectivity index (χ1n) is 12.6. The van der Waals surface area contributed by atoms with Crippen molar-refractivity contribution in [1.82, 2.24) is 10.2 Å². The molecular formula is C29H35N3O6S. The molecule has 0 radical (unpaired) electrons. The minimum absolute atomic E-state index is 0.0693. The maximum Gasteiger partial charge on any atom is 0.264 e. The smallest absolute Gasteiger partial charge is 0.264 e. The molecule has 9 nitrogen and oxygen atoms in total. The first-order chi connectivity index (χ1) is 18.7. The molecule has 0 aliphatic heterocycles. The molecule has 10 heteroatoms. The van der Waals surface area contributed by atoms with Gasteiger partial charge in [0.15, 0.2) is 11.5 Å². The van der Waals surface area contributed by atoms with Crippen LogP contribution in [0.25, 0.3) is 0 Å². The van der Waals surface area contributed by atoms with Crippen LogP contribution in [0.15, 0.2) is 83.8 Å². The Kier molecular flexibility index (Phi) is 10.3. The molecule has 0 heterocycles. The number of rotatable bonds is 13. The molecule has 1 atom stereocenters. The van der Waals surface area contributed by atoms with E-state index in [2.05, 4.69) is 5.32 Å². The molecule has 1 N–H and O–H groups in total. The monoisotopic (exact) mass is 553 g/mol. The van der Waals surface area contributed by atoms with Crippen molar-refractivity contribution in [2.75, 3.05) is 31.6 Å². The van der Waals surface area contributed by atoms with Gasteiger partial charge in [0.05, 0.1) is 24.8 Å². The third-order valence-electron chi connectivity index (χ3n) is 6.18. The maximum atomic E-state index is 13.9. The average Bonchev–Trinajstić information content (AvgIpc) is 2.97. The van der Waals surface area contributed by atoms with Crippen molar-refractivity contribution in [2.24, 2.45) is 0 Å². The Hall–Kier alpha value is -4.05. The van der Waals surface area contributed by atoms with Gasteiger partial charge in [-0.1, -0.05) is 55.5 Å². The number of hydrogen-bond acceptors (Lipinski definition) is 6. The lowest BCUT2D eigenvalue weighted by Gasteiger charge is -2.32. The Bertz CT molecular complexity index is 1350.